The highest BCUT2D eigenvalue weighted by molar-refractivity contribution is 6.12. The summed E-state index contributed by atoms with van der Waals surface area (Å²) in [6.07, 6.45) is 12.1. The van der Waals surface area contributed by atoms with Gasteiger partial charge in [-0.15, -0.1) is 0 Å². The molecule has 2 aliphatic rings. The number of amides is 6. The molecule has 20 heteroatoms. The number of carboxylic acid groups (broad SMARTS) is 1. The first-order chi connectivity index (χ1) is 34.3. The molecule has 0 unspecified atom stereocenters. The molecule has 2 atom stereocenters. The second-order valence-corrected chi connectivity index (χ2v) is 18.1. The average Bonchev–Trinajstić information content (AvgIpc) is 3.69. The number of nitrogens with two attached hydrogens (primary N) is 2. The molecule has 2 aliphatic heterocycles. The third kappa shape index (κ3) is 16.8. The average molecular weight is 976 g/mol. The molecule has 10 N–H and O–H groups in total. The largest absolute Gasteiger partial charge is 0.465 e. The molecule has 0 radical (unpaired) electrons. The van der Waals surface area contributed by atoms with Crippen molar-refractivity contribution in [2.24, 2.45) is 11.7 Å². The monoisotopic (exact) mass is 976 g/mol. The number of aromatic nitrogens is 3. The molecular weight excluding hydrogens is 907 g/mol. The van der Waals surface area contributed by atoms with Crippen LogP contribution < -0.4 is 43.0 Å². The number of primary amides is 1. The number of rotatable bonds is 28. The van der Waals surface area contributed by atoms with E-state index in [-0.39, 0.29) is 48.5 Å². The number of anilines is 4. The zero-order valence-electron chi connectivity index (χ0n) is 40.8. The minimum Gasteiger partial charge on any atom is -0.465 e. The lowest BCUT2D eigenvalue weighted by Gasteiger charge is -2.30. The molecule has 380 valence electrons. The van der Waals surface area contributed by atoms with Gasteiger partial charge in [-0.2, -0.15) is 0 Å². The first kappa shape index (κ1) is 53.2. The summed E-state index contributed by atoms with van der Waals surface area (Å²) >= 11 is 0. The number of hydrogen-bond donors (Lipinski definition) is 8. The summed E-state index contributed by atoms with van der Waals surface area (Å²) in [5.74, 6) is -0.598. The van der Waals surface area contributed by atoms with Crippen molar-refractivity contribution in [3.63, 3.8) is 0 Å². The van der Waals surface area contributed by atoms with E-state index in [4.69, 9.17) is 16.2 Å². The van der Waals surface area contributed by atoms with Gasteiger partial charge in [0.2, 0.25) is 0 Å². The van der Waals surface area contributed by atoms with Gasteiger partial charge in [-0.25, -0.2) is 19.6 Å². The minimum atomic E-state index is -1.02. The highest BCUT2D eigenvalue weighted by atomic mass is 16.5. The molecule has 0 spiro atoms. The van der Waals surface area contributed by atoms with Gasteiger partial charge in [0.25, 0.3) is 17.7 Å². The topological polar surface area (TPSA) is 275 Å². The van der Waals surface area contributed by atoms with Crippen LogP contribution >= 0.6 is 0 Å². The number of morpholine rings is 1. The maximum absolute atomic E-state index is 13.5. The van der Waals surface area contributed by atoms with E-state index in [0.29, 0.717) is 69.7 Å². The van der Waals surface area contributed by atoms with E-state index < -0.39 is 18.0 Å². The van der Waals surface area contributed by atoms with Gasteiger partial charge in [0, 0.05) is 94.0 Å². The third-order valence-corrected chi connectivity index (χ3v) is 12.6. The van der Waals surface area contributed by atoms with Gasteiger partial charge in [-0.3, -0.25) is 24.3 Å². The Balaban J connectivity index is 0.959. The zero-order valence-corrected chi connectivity index (χ0v) is 40.8. The first-order valence-corrected chi connectivity index (χ1v) is 24.5. The van der Waals surface area contributed by atoms with Gasteiger partial charge < -0.3 is 57.7 Å². The highest BCUT2D eigenvalue weighted by Crippen LogP contribution is 2.27. The number of nitrogens with one attached hydrogen (secondary N) is 5. The van der Waals surface area contributed by atoms with Crippen molar-refractivity contribution in [1.29, 1.82) is 0 Å². The third-order valence-electron chi connectivity index (χ3n) is 12.6. The molecule has 4 aromatic rings. The van der Waals surface area contributed by atoms with Gasteiger partial charge in [0.05, 0.1) is 42.7 Å². The maximum atomic E-state index is 13.5. The Morgan fingerprint density at radius 1 is 0.859 bits per heavy atom. The van der Waals surface area contributed by atoms with Gasteiger partial charge in [-0.1, -0.05) is 63.1 Å². The number of urea groups is 1. The Labute approximate surface area is 415 Å². The summed E-state index contributed by atoms with van der Waals surface area (Å²) in [4.78, 5) is 78.5. The van der Waals surface area contributed by atoms with Crippen LogP contribution in [-0.2, 0) is 27.3 Å². The second kappa shape index (κ2) is 27.3. The van der Waals surface area contributed by atoms with Crippen molar-refractivity contribution >= 4 is 52.7 Å². The number of carbonyl (C=O) groups excluding carboxylic acids is 4. The van der Waals surface area contributed by atoms with Gasteiger partial charge in [0.1, 0.15) is 0 Å². The number of ether oxygens (including phenoxy) is 1. The Morgan fingerprint density at radius 3 is 2.28 bits per heavy atom. The van der Waals surface area contributed by atoms with Crippen LogP contribution in [0.15, 0.2) is 85.3 Å². The summed E-state index contributed by atoms with van der Waals surface area (Å²) in [6.45, 7) is 10.6. The molecule has 0 bridgehead atoms. The standard InChI is InChI=1S/C51H69N13O7/c1-35(2)41(55-21-5-3-4-6-24-64-45(65)17-18-46(64)66)32-58-40(8-7-22-56-50(53)68)30-57-39-15-11-37(12-16-39)34-63(51(69)70)25-20-36-9-13-38(14-10-36)42-33-59-48(52)47(60-42)49(67)61-43-31-54-23-19-44(43)62-26-28-71-29-27-62/h9-19,23,31,33,35,40-41,55,57-58H,3-8,20-22,24-30,32,34H2,1-2H3,(H2,52,59)(H,61,67)(H,69,70)(H3,53,56,68)/t40-,41+/m0/s1. The minimum absolute atomic E-state index is 0.00572. The fourth-order valence-corrected chi connectivity index (χ4v) is 8.35. The molecule has 0 saturated carbocycles. The van der Waals surface area contributed by atoms with Crippen LogP contribution in [0.2, 0.25) is 0 Å². The maximum Gasteiger partial charge on any atom is 0.407 e. The zero-order chi connectivity index (χ0) is 50.5. The SMILES string of the molecule is CC(C)[C@@H](CN[C@@H](CCCNC(N)=O)CNc1ccc(CN(CCc2ccc(-c3cnc(N)c(C(=O)Nc4cnccc4N4CCOCC4)n3)cc2)C(=O)O)cc1)NCCCCCCN1C(=O)C=CC1=O. The fraction of sp³-hybridized carbons (Fsp3) is 0.451. The van der Waals surface area contributed by atoms with Crippen molar-refractivity contribution in [3.8, 4) is 11.3 Å². The summed E-state index contributed by atoms with van der Waals surface area (Å²) in [7, 11) is 0. The van der Waals surface area contributed by atoms with Crippen molar-refractivity contribution in [3.05, 3.63) is 102 Å². The van der Waals surface area contributed by atoms with Crippen molar-refractivity contribution in [1.82, 2.24) is 40.7 Å². The molecule has 2 aromatic heterocycles. The van der Waals surface area contributed by atoms with Gasteiger partial charge in [0.15, 0.2) is 11.5 Å². The van der Waals surface area contributed by atoms with Crippen LogP contribution in [0.3, 0.4) is 0 Å². The lowest BCUT2D eigenvalue weighted by molar-refractivity contribution is -0.136. The van der Waals surface area contributed by atoms with E-state index in [1.807, 2.05) is 54.6 Å². The molecule has 2 aromatic carbocycles. The van der Waals surface area contributed by atoms with E-state index in [2.05, 4.69) is 60.3 Å². The second-order valence-electron chi connectivity index (χ2n) is 18.1. The Morgan fingerprint density at radius 2 is 1.58 bits per heavy atom. The van der Waals surface area contributed by atoms with E-state index in [1.54, 1.807) is 12.4 Å². The van der Waals surface area contributed by atoms with Gasteiger partial charge >= 0.3 is 12.1 Å². The molecule has 4 heterocycles. The Hall–Kier alpha value is -7.16. The molecule has 1 fully saturated rings. The van der Waals surface area contributed by atoms with E-state index in [1.165, 1.54) is 28.1 Å². The van der Waals surface area contributed by atoms with Crippen LogP contribution in [0.5, 0.6) is 0 Å². The number of pyridine rings is 1. The summed E-state index contributed by atoms with van der Waals surface area (Å²) in [5.41, 5.74) is 16.6. The molecule has 20 nitrogen and oxygen atoms in total. The van der Waals surface area contributed by atoms with Gasteiger partial charge in [-0.05, 0) is 73.9 Å². The van der Waals surface area contributed by atoms with E-state index in [9.17, 15) is 29.1 Å². The van der Waals surface area contributed by atoms with Crippen LogP contribution in [-0.4, -0.2) is 137 Å². The number of nitrogen functional groups attached to an aromatic ring is 1. The number of carbonyl (C=O) groups is 5. The van der Waals surface area contributed by atoms with Crippen LogP contribution in [0.25, 0.3) is 11.3 Å². The smallest absolute Gasteiger partial charge is 0.407 e. The number of unbranched alkanes of at least 4 members (excludes halogenated alkanes) is 3. The van der Waals surface area contributed by atoms with Crippen molar-refractivity contribution in [2.75, 3.05) is 86.8 Å². The number of benzene rings is 2. The number of hydrogen-bond acceptors (Lipinski definition) is 14. The molecule has 1 saturated heterocycles. The normalized spacial score (nSPS) is 14.4. The van der Waals surface area contributed by atoms with Crippen LogP contribution in [0, 0.1) is 5.92 Å². The molecule has 0 aliphatic carbocycles. The van der Waals surface area contributed by atoms with Crippen molar-refractivity contribution < 1.29 is 33.8 Å². The Bertz CT molecular complexity index is 2400. The highest BCUT2D eigenvalue weighted by Gasteiger charge is 2.23. The lowest BCUT2D eigenvalue weighted by Crippen LogP contribution is -2.47. The number of imide groups is 1. The number of nitrogens with zero attached hydrogens (tertiary/aromatic N) is 6. The predicted octanol–water partition coefficient (Wildman–Crippen LogP) is 4.85. The fourth-order valence-electron chi connectivity index (χ4n) is 8.35. The lowest BCUT2D eigenvalue weighted by atomic mass is 10.0. The van der Waals surface area contributed by atoms with E-state index in [0.717, 1.165) is 79.7 Å². The quantitative estimate of drug-likeness (QED) is 0.0279. The molecule has 71 heavy (non-hydrogen) atoms. The molecular formula is C51H69N13O7. The van der Waals surface area contributed by atoms with E-state index >= 15 is 0 Å². The molecule has 6 amide bonds. The summed E-state index contributed by atoms with van der Waals surface area (Å²) in [6, 6.07) is 16.9. The summed E-state index contributed by atoms with van der Waals surface area (Å²) in [5, 5.41) is 26.7. The van der Waals surface area contributed by atoms with Crippen LogP contribution in [0.1, 0.15) is 74.0 Å². The van der Waals surface area contributed by atoms with Crippen LogP contribution in [0.4, 0.5) is 32.5 Å². The van der Waals surface area contributed by atoms with Crippen molar-refractivity contribution in [2.45, 2.75) is 77.4 Å². The predicted molar refractivity (Wildman–Crippen MR) is 274 cm³/mol. The Kier molecular flexibility index (Phi) is 20.4. The first-order valence-electron chi connectivity index (χ1n) is 24.5. The summed E-state index contributed by atoms with van der Waals surface area (Å²) < 4.78 is 5.48. The molecule has 6 rings (SSSR count).